The monoisotopic (exact) mass is 338 g/mol. The van der Waals surface area contributed by atoms with Crippen LogP contribution in [0.25, 0.3) is 0 Å². The summed E-state index contributed by atoms with van der Waals surface area (Å²) in [5, 5.41) is 10.5. The molecule has 1 amide bonds. The van der Waals surface area contributed by atoms with E-state index in [2.05, 4.69) is 20.5 Å². The molecule has 0 aliphatic carbocycles. The first-order chi connectivity index (χ1) is 11.7. The number of anilines is 1. The van der Waals surface area contributed by atoms with Gasteiger partial charge in [-0.15, -0.1) is 5.10 Å². The van der Waals surface area contributed by atoms with E-state index in [1.54, 1.807) is 0 Å². The molecular weight excluding hydrogens is 320 g/mol. The molecule has 0 radical (unpaired) electrons. The van der Waals surface area contributed by atoms with Crippen LogP contribution in [0, 0.1) is 6.92 Å². The average Bonchev–Trinajstić information content (AvgIpc) is 3.03. The molecule has 122 valence electrons. The largest absolute Gasteiger partial charge is 0.325 e. The molecule has 24 heavy (non-hydrogen) atoms. The lowest BCUT2D eigenvalue weighted by molar-refractivity contribution is -0.113. The molecule has 2 aromatic carbocycles. The Hall–Kier alpha value is -2.60. The van der Waals surface area contributed by atoms with Crippen molar-refractivity contribution in [1.82, 2.24) is 15.2 Å². The molecular formula is C18H18N4OS. The fraction of sp³-hybridized carbons (Fsp3) is 0.167. The van der Waals surface area contributed by atoms with Crippen LogP contribution in [0.1, 0.15) is 17.0 Å². The zero-order valence-electron chi connectivity index (χ0n) is 13.3. The number of rotatable bonds is 6. The molecule has 3 rings (SSSR count). The summed E-state index contributed by atoms with van der Waals surface area (Å²) in [6.45, 7) is 2.01. The molecule has 0 fully saturated rings. The Labute approximate surface area is 144 Å². The van der Waals surface area contributed by atoms with Gasteiger partial charge >= 0.3 is 0 Å². The van der Waals surface area contributed by atoms with Crippen molar-refractivity contribution in [2.24, 2.45) is 0 Å². The molecule has 1 aromatic heterocycles. The van der Waals surface area contributed by atoms with Crippen molar-refractivity contribution >= 4 is 23.4 Å². The fourth-order valence-electron chi connectivity index (χ4n) is 2.17. The predicted molar refractivity (Wildman–Crippen MR) is 96.2 cm³/mol. The van der Waals surface area contributed by atoms with Crippen molar-refractivity contribution in [2.45, 2.75) is 18.5 Å². The average molecular weight is 338 g/mol. The Morgan fingerprint density at radius 2 is 1.88 bits per heavy atom. The zero-order chi connectivity index (χ0) is 16.8. The van der Waals surface area contributed by atoms with Crippen molar-refractivity contribution in [3.63, 3.8) is 0 Å². The topological polar surface area (TPSA) is 70.7 Å². The van der Waals surface area contributed by atoms with E-state index < -0.39 is 0 Å². The van der Waals surface area contributed by atoms with Crippen molar-refractivity contribution in [3.8, 4) is 0 Å². The van der Waals surface area contributed by atoms with Gasteiger partial charge in [-0.25, -0.2) is 4.98 Å². The van der Waals surface area contributed by atoms with E-state index in [0.717, 1.165) is 17.1 Å². The van der Waals surface area contributed by atoms with Crippen LogP contribution in [0.2, 0.25) is 0 Å². The van der Waals surface area contributed by atoms with E-state index in [9.17, 15) is 4.79 Å². The number of aromatic amines is 1. The van der Waals surface area contributed by atoms with Crippen LogP contribution in [-0.4, -0.2) is 26.8 Å². The van der Waals surface area contributed by atoms with Crippen LogP contribution in [0.3, 0.4) is 0 Å². The third kappa shape index (κ3) is 4.70. The number of aryl methyl sites for hydroxylation is 1. The molecule has 0 saturated carbocycles. The number of H-pyrrole nitrogens is 1. The maximum atomic E-state index is 12.0. The van der Waals surface area contributed by atoms with E-state index in [0.29, 0.717) is 11.6 Å². The lowest BCUT2D eigenvalue weighted by Gasteiger charge is -2.04. The second-order valence-electron chi connectivity index (χ2n) is 5.43. The van der Waals surface area contributed by atoms with Gasteiger partial charge in [-0.05, 0) is 24.6 Å². The van der Waals surface area contributed by atoms with Gasteiger partial charge in [0.1, 0.15) is 5.82 Å². The van der Waals surface area contributed by atoms with Crippen LogP contribution in [0.4, 0.5) is 5.69 Å². The van der Waals surface area contributed by atoms with E-state index >= 15 is 0 Å². The third-order valence-electron chi connectivity index (χ3n) is 3.39. The van der Waals surface area contributed by atoms with Crippen molar-refractivity contribution in [2.75, 3.05) is 11.1 Å². The van der Waals surface area contributed by atoms with Crippen molar-refractivity contribution in [1.29, 1.82) is 0 Å². The molecule has 2 N–H and O–H groups in total. The number of nitrogens with one attached hydrogen (secondary N) is 2. The number of aromatic nitrogens is 3. The Morgan fingerprint density at radius 1 is 1.12 bits per heavy atom. The molecule has 0 bridgehead atoms. The summed E-state index contributed by atoms with van der Waals surface area (Å²) >= 11 is 1.32. The maximum absolute atomic E-state index is 12.0. The summed E-state index contributed by atoms with van der Waals surface area (Å²) in [7, 11) is 0. The quantitative estimate of drug-likeness (QED) is 0.676. The van der Waals surface area contributed by atoms with Crippen molar-refractivity contribution in [3.05, 3.63) is 71.5 Å². The standard InChI is InChI=1S/C18H18N4OS/c1-13-7-9-15(10-8-13)19-17(23)12-24-18-20-16(21-22-18)11-14-5-3-2-4-6-14/h2-10H,11-12H2,1H3,(H,19,23)(H,20,21,22). The Balaban J connectivity index is 1.50. The summed E-state index contributed by atoms with van der Waals surface area (Å²) < 4.78 is 0. The summed E-state index contributed by atoms with van der Waals surface area (Å²) in [4.78, 5) is 16.4. The van der Waals surface area contributed by atoms with Gasteiger partial charge in [0.05, 0.1) is 5.75 Å². The van der Waals surface area contributed by atoms with Crippen LogP contribution in [0.5, 0.6) is 0 Å². The van der Waals surface area contributed by atoms with E-state index in [1.165, 1.54) is 17.3 Å². The number of carbonyl (C=O) groups is 1. The molecule has 0 unspecified atom stereocenters. The Kier molecular flexibility index (Phi) is 5.28. The van der Waals surface area contributed by atoms with Gasteiger partial charge in [-0.3, -0.25) is 9.89 Å². The highest BCUT2D eigenvalue weighted by Gasteiger charge is 2.08. The normalized spacial score (nSPS) is 10.5. The Bertz CT molecular complexity index is 799. The van der Waals surface area contributed by atoms with Gasteiger partial charge in [-0.1, -0.05) is 59.8 Å². The van der Waals surface area contributed by atoms with Crippen LogP contribution in [-0.2, 0) is 11.2 Å². The van der Waals surface area contributed by atoms with Crippen LogP contribution >= 0.6 is 11.8 Å². The van der Waals surface area contributed by atoms with Crippen LogP contribution < -0.4 is 5.32 Å². The first kappa shape index (κ1) is 16.3. The number of benzene rings is 2. The summed E-state index contributed by atoms with van der Waals surface area (Å²) in [6, 6.07) is 17.8. The lowest BCUT2D eigenvalue weighted by atomic mass is 10.1. The van der Waals surface area contributed by atoms with Gasteiger partial charge in [0.2, 0.25) is 11.1 Å². The smallest absolute Gasteiger partial charge is 0.234 e. The van der Waals surface area contributed by atoms with Gasteiger partial charge < -0.3 is 5.32 Å². The second-order valence-corrected chi connectivity index (χ2v) is 6.37. The van der Waals surface area contributed by atoms with Gasteiger partial charge in [0.25, 0.3) is 0 Å². The minimum atomic E-state index is -0.0711. The molecule has 0 saturated heterocycles. The van der Waals surface area contributed by atoms with Gasteiger partial charge in [-0.2, -0.15) is 0 Å². The first-order valence-corrected chi connectivity index (χ1v) is 8.62. The zero-order valence-corrected chi connectivity index (χ0v) is 14.1. The molecule has 3 aromatic rings. The number of nitrogens with zero attached hydrogens (tertiary/aromatic N) is 2. The van der Waals surface area contributed by atoms with Gasteiger partial charge in [0, 0.05) is 12.1 Å². The van der Waals surface area contributed by atoms with Gasteiger partial charge in [0.15, 0.2) is 0 Å². The summed E-state index contributed by atoms with van der Waals surface area (Å²) in [6.07, 6.45) is 0.698. The van der Waals surface area contributed by atoms with Crippen molar-refractivity contribution < 1.29 is 4.79 Å². The van der Waals surface area contributed by atoms with E-state index in [-0.39, 0.29) is 11.7 Å². The summed E-state index contributed by atoms with van der Waals surface area (Å²) in [5.74, 6) is 0.997. The minimum absolute atomic E-state index is 0.0711. The number of hydrogen-bond donors (Lipinski definition) is 2. The highest BCUT2D eigenvalue weighted by atomic mass is 32.2. The second kappa shape index (κ2) is 7.79. The van der Waals surface area contributed by atoms with E-state index in [4.69, 9.17) is 0 Å². The molecule has 6 heteroatoms. The minimum Gasteiger partial charge on any atom is -0.325 e. The highest BCUT2D eigenvalue weighted by molar-refractivity contribution is 7.99. The summed E-state index contributed by atoms with van der Waals surface area (Å²) in [5.41, 5.74) is 3.13. The highest BCUT2D eigenvalue weighted by Crippen LogP contribution is 2.15. The lowest BCUT2D eigenvalue weighted by Crippen LogP contribution is -2.14. The molecule has 5 nitrogen and oxygen atoms in total. The number of amides is 1. The number of hydrogen-bond acceptors (Lipinski definition) is 4. The predicted octanol–water partition coefficient (Wildman–Crippen LogP) is 3.43. The SMILES string of the molecule is Cc1ccc(NC(=O)CSc2n[nH]c(Cc3ccccc3)n2)cc1. The van der Waals surface area contributed by atoms with Crippen LogP contribution in [0.15, 0.2) is 59.8 Å². The first-order valence-electron chi connectivity index (χ1n) is 7.63. The number of thioether (sulfide) groups is 1. The molecule has 0 spiro atoms. The maximum Gasteiger partial charge on any atom is 0.234 e. The molecule has 1 heterocycles. The number of carbonyl (C=O) groups excluding carboxylic acids is 1. The molecule has 0 aliphatic heterocycles. The van der Waals surface area contributed by atoms with E-state index in [1.807, 2.05) is 61.5 Å². The third-order valence-corrected chi connectivity index (χ3v) is 4.24. The Morgan fingerprint density at radius 3 is 2.62 bits per heavy atom. The molecule has 0 aliphatic rings. The molecule has 0 atom stereocenters. The fourth-order valence-corrected chi connectivity index (χ4v) is 2.79.